The molecule has 0 heterocycles. The Balaban J connectivity index is 2.34. The molecule has 0 amide bonds. The van der Waals surface area contributed by atoms with E-state index in [1.54, 1.807) is 13.2 Å². The van der Waals surface area contributed by atoms with Gasteiger partial charge in [0, 0.05) is 29.0 Å². The molecule has 0 aliphatic rings. The van der Waals surface area contributed by atoms with Gasteiger partial charge in [0.25, 0.3) is 0 Å². The monoisotopic (exact) mass is 277 g/mol. The highest BCUT2D eigenvalue weighted by Gasteiger charge is 2.09. The molecule has 1 N–H and O–H groups in total. The zero-order valence-electron chi connectivity index (χ0n) is 10.9. The van der Waals surface area contributed by atoms with Gasteiger partial charge in [-0.05, 0) is 42.5 Å². The third kappa shape index (κ3) is 3.00. The summed E-state index contributed by atoms with van der Waals surface area (Å²) in [5.41, 5.74) is 2.74. The summed E-state index contributed by atoms with van der Waals surface area (Å²) in [6.07, 6.45) is 0. The second kappa shape index (κ2) is 5.95. The van der Waals surface area contributed by atoms with Crippen molar-refractivity contribution in [2.45, 2.75) is 6.61 Å². The molecule has 0 aliphatic heterocycles. The quantitative estimate of drug-likeness (QED) is 0.927. The first-order valence-electron chi connectivity index (χ1n) is 5.92. The number of aliphatic hydroxyl groups excluding tert-OH is 1. The van der Waals surface area contributed by atoms with Crippen molar-refractivity contribution in [2.75, 3.05) is 19.1 Å². The molecule has 0 aliphatic carbocycles. The van der Waals surface area contributed by atoms with Gasteiger partial charge in [-0.1, -0.05) is 11.6 Å². The molecular formula is C15H16ClNO2. The highest BCUT2D eigenvalue weighted by atomic mass is 35.5. The van der Waals surface area contributed by atoms with Gasteiger partial charge in [-0.2, -0.15) is 0 Å². The summed E-state index contributed by atoms with van der Waals surface area (Å²) in [5, 5.41) is 10.0. The minimum absolute atomic E-state index is 0.0452. The zero-order valence-corrected chi connectivity index (χ0v) is 11.7. The summed E-state index contributed by atoms with van der Waals surface area (Å²) < 4.78 is 5.14. The van der Waals surface area contributed by atoms with Crippen LogP contribution in [0.1, 0.15) is 5.56 Å². The summed E-state index contributed by atoms with van der Waals surface area (Å²) in [7, 11) is 3.59. The SMILES string of the molecule is COc1ccc(N(C)c2ccc(Cl)cc2CO)cc1. The molecule has 0 bridgehead atoms. The molecule has 100 valence electrons. The van der Waals surface area contributed by atoms with Crippen LogP contribution in [0, 0.1) is 0 Å². The van der Waals surface area contributed by atoms with Crippen molar-refractivity contribution in [1.29, 1.82) is 0 Å². The lowest BCUT2D eigenvalue weighted by Gasteiger charge is -2.22. The molecule has 0 spiro atoms. The van der Waals surface area contributed by atoms with Gasteiger partial charge < -0.3 is 14.7 Å². The maximum absolute atomic E-state index is 9.42. The van der Waals surface area contributed by atoms with Crippen LogP contribution in [0.3, 0.4) is 0 Å². The number of rotatable bonds is 4. The third-order valence-electron chi connectivity index (χ3n) is 3.03. The van der Waals surface area contributed by atoms with Crippen LogP contribution in [0.5, 0.6) is 5.75 Å². The Labute approximate surface area is 118 Å². The van der Waals surface area contributed by atoms with E-state index in [0.29, 0.717) is 5.02 Å². The van der Waals surface area contributed by atoms with Crippen LogP contribution in [0.2, 0.25) is 5.02 Å². The van der Waals surface area contributed by atoms with E-state index in [1.807, 2.05) is 48.3 Å². The average molecular weight is 278 g/mol. The van der Waals surface area contributed by atoms with Crippen molar-refractivity contribution in [3.63, 3.8) is 0 Å². The molecule has 0 aromatic heterocycles. The standard InChI is InChI=1S/C15H16ClNO2/c1-17(13-4-6-14(19-2)7-5-13)15-8-3-12(16)9-11(15)10-18/h3-9,18H,10H2,1-2H3. The van der Waals surface area contributed by atoms with Crippen molar-refractivity contribution in [3.05, 3.63) is 53.1 Å². The molecule has 0 atom stereocenters. The number of nitrogens with zero attached hydrogens (tertiary/aromatic N) is 1. The molecule has 0 fully saturated rings. The Morgan fingerprint density at radius 3 is 2.42 bits per heavy atom. The van der Waals surface area contributed by atoms with Crippen molar-refractivity contribution in [3.8, 4) is 5.75 Å². The fraction of sp³-hybridized carbons (Fsp3) is 0.200. The lowest BCUT2D eigenvalue weighted by atomic mass is 10.1. The summed E-state index contributed by atoms with van der Waals surface area (Å²) in [6, 6.07) is 13.2. The predicted octanol–water partition coefficient (Wildman–Crippen LogP) is 3.61. The van der Waals surface area contributed by atoms with Crippen molar-refractivity contribution in [1.82, 2.24) is 0 Å². The fourth-order valence-corrected chi connectivity index (χ4v) is 2.15. The van der Waals surface area contributed by atoms with E-state index in [0.717, 1.165) is 22.7 Å². The van der Waals surface area contributed by atoms with Gasteiger partial charge >= 0.3 is 0 Å². The van der Waals surface area contributed by atoms with E-state index in [4.69, 9.17) is 16.3 Å². The second-order valence-electron chi connectivity index (χ2n) is 4.19. The number of aliphatic hydroxyl groups is 1. The number of hydrogen-bond donors (Lipinski definition) is 1. The van der Waals surface area contributed by atoms with Crippen LogP contribution in [0.15, 0.2) is 42.5 Å². The minimum Gasteiger partial charge on any atom is -0.497 e. The lowest BCUT2D eigenvalue weighted by Crippen LogP contribution is -2.11. The molecule has 2 aromatic carbocycles. The van der Waals surface area contributed by atoms with Crippen LogP contribution < -0.4 is 9.64 Å². The van der Waals surface area contributed by atoms with Gasteiger partial charge in [-0.3, -0.25) is 0 Å². The first kappa shape index (κ1) is 13.7. The largest absolute Gasteiger partial charge is 0.497 e. The van der Waals surface area contributed by atoms with E-state index < -0.39 is 0 Å². The topological polar surface area (TPSA) is 32.7 Å². The van der Waals surface area contributed by atoms with Crippen LogP contribution in [0.25, 0.3) is 0 Å². The van der Waals surface area contributed by atoms with Crippen LogP contribution in [-0.2, 0) is 6.61 Å². The first-order chi connectivity index (χ1) is 9.15. The zero-order chi connectivity index (χ0) is 13.8. The summed E-state index contributed by atoms with van der Waals surface area (Å²) in [5.74, 6) is 0.815. The Hall–Kier alpha value is -1.71. The van der Waals surface area contributed by atoms with E-state index in [9.17, 15) is 5.11 Å². The average Bonchev–Trinajstić information content (AvgIpc) is 2.46. The lowest BCUT2D eigenvalue weighted by molar-refractivity contribution is 0.282. The maximum Gasteiger partial charge on any atom is 0.119 e. The van der Waals surface area contributed by atoms with Gasteiger partial charge in [0.15, 0.2) is 0 Å². The summed E-state index contributed by atoms with van der Waals surface area (Å²) in [4.78, 5) is 2.00. The normalized spacial score (nSPS) is 10.3. The predicted molar refractivity (Wildman–Crippen MR) is 78.4 cm³/mol. The number of methoxy groups -OCH3 is 1. The maximum atomic E-state index is 9.42. The highest BCUT2D eigenvalue weighted by Crippen LogP contribution is 2.30. The van der Waals surface area contributed by atoms with Crippen molar-refractivity contribution >= 4 is 23.0 Å². The summed E-state index contributed by atoms with van der Waals surface area (Å²) in [6.45, 7) is -0.0452. The van der Waals surface area contributed by atoms with E-state index in [-0.39, 0.29) is 6.61 Å². The molecule has 3 nitrogen and oxygen atoms in total. The van der Waals surface area contributed by atoms with Crippen molar-refractivity contribution < 1.29 is 9.84 Å². The van der Waals surface area contributed by atoms with Gasteiger partial charge in [-0.15, -0.1) is 0 Å². The molecule has 19 heavy (non-hydrogen) atoms. The Bertz CT molecular complexity index is 555. The number of ether oxygens (including phenoxy) is 1. The van der Waals surface area contributed by atoms with Crippen LogP contribution in [0.4, 0.5) is 11.4 Å². The van der Waals surface area contributed by atoms with Crippen molar-refractivity contribution in [2.24, 2.45) is 0 Å². The Kier molecular flexibility index (Phi) is 4.30. The summed E-state index contributed by atoms with van der Waals surface area (Å²) >= 11 is 5.94. The van der Waals surface area contributed by atoms with Gasteiger partial charge in [0.1, 0.15) is 5.75 Å². The minimum atomic E-state index is -0.0452. The smallest absolute Gasteiger partial charge is 0.119 e. The molecule has 2 rings (SSSR count). The second-order valence-corrected chi connectivity index (χ2v) is 4.62. The third-order valence-corrected chi connectivity index (χ3v) is 3.27. The molecule has 0 saturated carbocycles. The van der Waals surface area contributed by atoms with Gasteiger partial charge in [0.2, 0.25) is 0 Å². The highest BCUT2D eigenvalue weighted by molar-refractivity contribution is 6.30. The van der Waals surface area contributed by atoms with Gasteiger partial charge in [-0.25, -0.2) is 0 Å². The fourth-order valence-electron chi connectivity index (χ4n) is 1.95. The Morgan fingerprint density at radius 1 is 1.16 bits per heavy atom. The molecule has 0 saturated heterocycles. The van der Waals surface area contributed by atoms with E-state index in [2.05, 4.69) is 0 Å². The molecule has 0 unspecified atom stereocenters. The van der Waals surface area contributed by atoms with Gasteiger partial charge in [0.05, 0.1) is 13.7 Å². The van der Waals surface area contributed by atoms with Crippen LogP contribution in [-0.4, -0.2) is 19.3 Å². The molecule has 2 aromatic rings. The van der Waals surface area contributed by atoms with E-state index >= 15 is 0 Å². The number of benzene rings is 2. The number of anilines is 2. The molecular weight excluding hydrogens is 262 g/mol. The van der Waals surface area contributed by atoms with Crippen LogP contribution >= 0.6 is 11.6 Å². The first-order valence-corrected chi connectivity index (χ1v) is 6.30. The number of halogens is 1. The van der Waals surface area contributed by atoms with E-state index in [1.165, 1.54) is 0 Å². The Morgan fingerprint density at radius 2 is 1.84 bits per heavy atom. The number of hydrogen-bond acceptors (Lipinski definition) is 3. The molecule has 0 radical (unpaired) electrons. The molecule has 4 heteroatoms.